The zero-order valence-corrected chi connectivity index (χ0v) is 9.80. The second kappa shape index (κ2) is 4.18. The molecule has 1 saturated carbocycles. The Kier molecular flexibility index (Phi) is 2.92. The van der Waals surface area contributed by atoms with Crippen LogP contribution in [0.1, 0.15) is 24.8 Å². The van der Waals surface area contributed by atoms with Gasteiger partial charge in [0.1, 0.15) is 5.75 Å². The van der Waals surface area contributed by atoms with Gasteiger partial charge in [0.05, 0.1) is 7.11 Å². The normalized spacial score (nSPS) is 14.9. The Morgan fingerprint density at radius 1 is 1.21 bits per heavy atom. The summed E-state index contributed by atoms with van der Waals surface area (Å²) in [5.74, 6) is 0.910. The van der Waals surface area contributed by atoms with Gasteiger partial charge in [-0.25, -0.2) is 0 Å². The molecule has 0 radical (unpaired) electrons. The number of methoxy groups -OCH3 is 1. The van der Waals surface area contributed by atoms with Crippen molar-refractivity contribution in [3.05, 3.63) is 35.4 Å². The van der Waals surface area contributed by atoms with Gasteiger partial charge in [0.2, 0.25) is 0 Å². The first-order chi connectivity index (χ1) is 6.81. The van der Waals surface area contributed by atoms with Crippen molar-refractivity contribution in [1.29, 1.82) is 0 Å². The Labute approximate surface area is 92.9 Å². The molecule has 1 aliphatic rings. The van der Waals surface area contributed by atoms with Gasteiger partial charge in [-0.15, -0.1) is 0 Å². The summed E-state index contributed by atoms with van der Waals surface area (Å²) < 4.78 is 6.39. The molecule has 0 atom stereocenters. The van der Waals surface area contributed by atoms with Gasteiger partial charge < -0.3 is 4.74 Å². The quantitative estimate of drug-likeness (QED) is 0.774. The summed E-state index contributed by atoms with van der Waals surface area (Å²) >= 11 is 3.65. The molecule has 0 aliphatic heterocycles. The van der Waals surface area contributed by atoms with Gasteiger partial charge in [-0.2, -0.15) is 0 Å². The van der Waals surface area contributed by atoms with E-state index in [1.54, 1.807) is 7.11 Å². The SMILES string of the molecule is COc1ccc(C(Br)=C2CCC2)cc1. The van der Waals surface area contributed by atoms with Crippen molar-refractivity contribution in [2.45, 2.75) is 19.3 Å². The summed E-state index contributed by atoms with van der Waals surface area (Å²) in [6.45, 7) is 0. The molecule has 0 amide bonds. The van der Waals surface area contributed by atoms with Crippen molar-refractivity contribution in [1.82, 2.24) is 0 Å². The molecule has 2 heteroatoms. The van der Waals surface area contributed by atoms with Crippen LogP contribution in [0, 0.1) is 0 Å². The molecule has 1 aliphatic carbocycles. The van der Waals surface area contributed by atoms with Crippen LogP contribution in [0.5, 0.6) is 5.75 Å². The molecule has 0 spiro atoms. The minimum Gasteiger partial charge on any atom is -0.497 e. The highest BCUT2D eigenvalue weighted by molar-refractivity contribution is 9.15. The van der Waals surface area contributed by atoms with E-state index in [4.69, 9.17) is 4.74 Å². The van der Waals surface area contributed by atoms with Gasteiger partial charge in [-0.05, 0) is 37.0 Å². The van der Waals surface area contributed by atoms with Gasteiger partial charge in [-0.1, -0.05) is 33.6 Å². The van der Waals surface area contributed by atoms with Crippen molar-refractivity contribution >= 4 is 20.4 Å². The molecule has 2 rings (SSSR count). The largest absolute Gasteiger partial charge is 0.497 e. The topological polar surface area (TPSA) is 9.23 Å². The first-order valence-electron chi connectivity index (χ1n) is 4.83. The van der Waals surface area contributed by atoms with Crippen LogP contribution in [0.4, 0.5) is 0 Å². The van der Waals surface area contributed by atoms with Gasteiger partial charge in [-0.3, -0.25) is 0 Å². The van der Waals surface area contributed by atoms with E-state index in [0.29, 0.717) is 0 Å². The molecule has 0 saturated heterocycles. The Morgan fingerprint density at radius 3 is 2.29 bits per heavy atom. The van der Waals surface area contributed by atoms with E-state index in [9.17, 15) is 0 Å². The minimum absolute atomic E-state index is 0.910. The molecule has 14 heavy (non-hydrogen) atoms. The number of hydrogen-bond donors (Lipinski definition) is 0. The first-order valence-corrected chi connectivity index (χ1v) is 5.62. The molecule has 0 N–H and O–H groups in total. The fourth-order valence-corrected chi connectivity index (χ4v) is 2.18. The monoisotopic (exact) mass is 252 g/mol. The average molecular weight is 253 g/mol. The van der Waals surface area contributed by atoms with Gasteiger partial charge in [0, 0.05) is 4.48 Å². The lowest BCUT2D eigenvalue weighted by Crippen LogP contribution is -1.98. The molecule has 1 fully saturated rings. The predicted molar refractivity (Wildman–Crippen MR) is 62.7 cm³/mol. The number of halogens is 1. The Bertz CT molecular complexity index is 345. The third-order valence-corrected chi connectivity index (χ3v) is 3.63. The standard InChI is InChI=1S/C12H13BrO/c1-14-11-7-5-10(6-8-11)12(13)9-3-2-4-9/h5-8H,2-4H2,1H3. The third-order valence-electron chi connectivity index (χ3n) is 2.61. The van der Waals surface area contributed by atoms with E-state index in [0.717, 1.165) is 5.75 Å². The van der Waals surface area contributed by atoms with E-state index in [1.807, 2.05) is 12.1 Å². The Balaban J connectivity index is 2.24. The molecule has 74 valence electrons. The Hall–Kier alpha value is -0.760. The second-order valence-corrected chi connectivity index (χ2v) is 4.29. The summed E-state index contributed by atoms with van der Waals surface area (Å²) in [6.07, 6.45) is 3.82. The number of allylic oxidation sites excluding steroid dienone is 1. The highest BCUT2D eigenvalue weighted by Crippen LogP contribution is 2.37. The maximum Gasteiger partial charge on any atom is 0.118 e. The van der Waals surface area contributed by atoms with Crippen molar-refractivity contribution in [2.75, 3.05) is 7.11 Å². The lowest BCUT2D eigenvalue weighted by atomic mass is 9.91. The molecule has 0 bridgehead atoms. The van der Waals surface area contributed by atoms with Crippen LogP contribution in [0.25, 0.3) is 4.48 Å². The zero-order chi connectivity index (χ0) is 9.97. The number of benzene rings is 1. The highest BCUT2D eigenvalue weighted by Gasteiger charge is 2.13. The van der Waals surface area contributed by atoms with Crippen LogP contribution in [-0.2, 0) is 0 Å². The van der Waals surface area contributed by atoms with Crippen LogP contribution in [0.2, 0.25) is 0 Å². The fourth-order valence-electron chi connectivity index (χ4n) is 1.51. The number of ether oxygens (including phenoxy) is 1. The molecule has 0 unspecified atom stereocenters. The van der Waals surface area contributed by atoms with Gasteiger partial charge in [0.15, 0.2) is 0 Å². The number of hydrogen-bond acceptors (Lipinski definition) is 1. The van der Waals surface area contributed by atoms with Crippen molar-refractivity contribution < 1.29 is 4.74 Å². The predicted octanol–water partition coefficient (Wildman–Crippen LogP) is 3.99. The van der Waals surface area contributed by atoms with Crippen LogP contribution >= 0.6 is 15.9 Å². The van der Waals surface area contributed by atoms with Crippen LogP contribution in [0.15, 0.2) is 29.8 Å². The van der Waals surface area contributed by atoms with Crippen LogP contribution < -0.4 is 4.74 Å². The molecular weight excluding hydrogens is 240 g/mol. The van der Waals surface area contributed by atoms with Crippen LogP contribution in [0.3, 0.4) is 0 Å². The van der Waals surface area contributed by atoms with Crippen molar-refractivity contribution in [3.63, 3.8) is 0 Å². The summed E-state index contributed by atoms with van der Waals surface area (Å²) in [7, 11) is 1.69. The van der Waals surface area contributed by atoms with E-state index in [1.165, 1.54) is 34.9 Å². The smallest absolute Gasteiger partial charge is 0.118 e. The lowest BCUT2D eigenvalue weighted by molar-refractivity contribution is 0.415. The summed E-state index contributed by atoms with van der Waals surface area (Å²) in [5.41, 5.74) is 2.79. The third kappa shape index (κ3) is 1.85. The Morgan fingerprint density at radius 2 is 1.86 bits per heavy atom. The minimum atomic E-state index is 0.910. The highest BCUT2D eigenvalue weighted by atomic mass is 79.9. The zero-order valence-electron chi connectivity index (χ0n) is 8.22. The summed E-state index contributed by atoms with van der Waals surface area (Å²) in [5, 5.41) is 0. The van der Waals surface area contributed by atoms with Gasteiger partial charge in [0.25, 0.3) is 0 Å². The van der Waals surface area contributed by atoms with E-state index >= 15 is 0 Å². The van der Waals surface area contributed by atoms with Crippen LogP contribution in [-0.4, -0.2) is 7.11 Å². The van der Waals surface area contributed by atoms with Gasteiger partial charge >= 0.3 is 0 Å². The van der Waals surface area contributed by atoms with Crippen molar-refractivity contribution in [2.24, 2.45) is 0 Å². The fraction of sp³-hybridized carbons (Fsp3) is 0.333. The lowest BCUT2D eigenvalue weighted by Gasteiger charge is -2.19. The summed E-state index contributed by atoms with van der Waals surface area (Å²) in [6, 6.07) is 8.17. The van der Waals surface area contributed by atoms with E-state index in [2.05, 4.69) is 28.1 Å². The van der Waals surface area contributed by atoms with E-state index < -0.39 is 0 Å². The molecule has 1 nitrogen and oxygen atoms in total. The molecule has 0 heterocycles. The maximum absolute atomic E-state index is 5.12. The second-order valence-electron chi connectivity index (χ2n) is 3.50. The number of rotatable bonds is 2. The molecule has 1 aromatic carbocycles. The summed E-state index contributed by atoms with van der Waals surface area (Å²) in [4.78, 5) is 0. The molecule has 0 aromatic heterocycles. The average Bonchev–Trinajstić information content (AvgIpc) is 2.15. The molecule has 1 aromatic rings. The molecular formula is C12H13BrO. The first kappa shape index (κ1) is 9.78. The maximum atomic E-state index is 5.12. The van der Waals surface area contributed by atoms with Crippen molar-refractivity contribution in [3.8, 4) is 5.75 Å². The van der Waals surface area contributed by atoms with E-state index in [-0.39, 0.29) is 0 Å².